The highest BCUT2D eigenvalue weighted by Crippen LogP contribution is 2.30. The molecule has 0 unspecified atom stereocenters. The molecule has 1 amide bonds. The summed E-state index contributed by atoms with van der Waals surface area (Å²) in [6.07, 6.45) is -0.961. The quantitative estimate of drug-likeness (QED) is 0.339. The minimum atomic E-state index is -5.87. The van der Waals surface area contributed by atoms with Gasteiger partial charge in [-0.25, -0.2) is 9.59 Å². The van der Waals surface area contributed by atoms with Crippen LogP contribution in [0.25, 0.3) is 0 Å². The molecule has 0 spiro atoms. The highest BCUT2D eigenvalue weighted by atomic mass is 32.2. The normalized spacial score (nSPS) is 14.0. The van der Waals surface area contributed by atoms with E-state index in [0.29, 0.717) is 5.56 Å². The Morgan fingerprint density at radius 1 is 0.912 bits per heavy atom. The number of nitrogens with one attached hydrogen (secondary N) is 1. The van der Waals surface area contributed by atoms with Crippen LogP contribution in [0.5, 0.6) is 5.75 Å². The summed E-state index contributed by atoms with van der Waals surface area (Å²) in [7, 11) is -5.87. The fraction of sp³-hybridized carbons (Fsp3) is 0.364. The first-order chi connectivity index (χ1) is 15.5. The second-order valence-corrected chi connectivity index (χ2v) is 9.86. The molecule has 0 saturated carbocycles. The molecule has 0 bridgehead atoms. The highest BCUT2D eigenvalue weighted by molar-refractivity contribution is 7.88. The first-order valence-corrected chi connectivity index (χ1v) is 11.3. The molecule has 12 heteroatoms. The van der Waals surface area contributed by atoms with Gasteiger partial charge >= 0.3 is 27.7 Å². The zero-order valence-electron chi connectivity index (χ0n) is 18.8. The molecule has 0 aliphatic rings. The summed E-state index contributed by atoms with van der Waals surface area (Å²) in [4.78, 5) is 25.4. The first kappa shape index (κ1) is 27.0. The van der Waals surface area contributed by atoms with Crippen LogP contribution in [0.3, 0.4) is 0 Å². The highest BCUT2D eigenvalue weighted by Gasteiger charge is 2.48. The van der Waals surface area contributed by atoms with E-state index < -0.39 is 44.6 Å². The van der Waals surface area contributed by atoms with Crippen LogP contribution in [0.2, 0.25) is 0 Å². The molecule has 0 saturated heterocycles. The molecule has 1 N–H and O–H groups in total. The van der Waals surface area contributed by atoms with Crippen molar-refractivity contribution in [3.8, 4) is 5.75 Å². The van der Waals surface area contributed by atoms with Crippen LogP contribution in [0.1, 0.15) is 38.8 Å². The molecule has 0 aliphatic heterocycles. The lowest BCUT2D eigenvalue weighted by atomic mass is 9.91. The van der Waals surface area contributed by atoms with Crippen LogP contribution in [0.15, 0.2) is 54.6 Å². The molecule has 0 heterocycles. The third kappa shape index (κ3) is 7.11. The van der Waals surface area contributed by atoms with Crippen molar-refractivity contribution >= 4 is 22.2 Å². The lowest BCUT2D eigenvalue weighted by molar-refractivity contribution is -0.162. The minimum absolute atomic E-state index is 0.0789. The third-order valence-electron chi connectivity index (χ3n) is 4.29. The molecular formula is C22H24F3NO7S. The molecule has 0 radical (unpaired) electrons. The predicted molar refractivity (Wildman–Crippen MR) is 115 cm³/mol. The monoisotopic (exact) mass is 503 g/mol. The Morgan fingerprint density at radius 3 is 1.97 bits per heavy atom. The number of benzene rings is 2. The van der Waals surface area contributed by atoms with Crippen molar-refractivity contribution in [2.24, 2.45) is 0 Å². The van der Waals surface area contributed by atoms with Crippen molar-refractivity contribution in [1.82, 2.24) is 5.32 Å². The van der Waals surface area contributed by atoms with E-state index in [1.165, 1.54) is 6.92 Å². The summed E-state index contributed by atoms with van der Waals surface area (Å²) in [5.74, 6) is -1.52. The van der Waals surface area contributed by atoms with Gasteiger partial charge in [-0.2, -0.15) is 21.6 Å². The van der Waals surface area contributed by atoms with E-state index in [2.05, 4.69) is 9.50 Å². The summed E-state index contributed by atoms with van der Waals surface area (Å²) in [5, 5.41) is 2.42. The van der Waals surface area contributed by atoms with Crippen LogP contribution in [-0.4, -0.2) is 31.6 Å². The van der Waals surface area contributed by atoms with Gasteiger partial charge in [-0.05, 0) is 51.0 Å². The summed E-state index contributed by atoms with van der Waals surface area (Å²) in [6.45, 7) is 6.06. The maximum absolute atomic E-state index is 13.0. The number of carbonyl (C=O) groups is 2. The largest absolute Gasteiger partial charge is 0.534 e. The summed E-state index contributed by atoms with van der Waals surface area (Å²) >= 11 is 0. The molecule has 8 nitrogen and oxygen atoms in total. The van der Waals surface area contributed by atoms with Crippen LogP contribution in [-0.2, 0) is 36.5 Å². The van der Waals surface area contributed by atoms with Crippen molar-refractivity contribution in [3.63, 3.8) is 0 Å². The lowest BCUT2D eigenvalue weighted by Crippen LogP contribution is -2.52. The number of halogens is 3. The van der Waals surface area contributed by atoms with E-state index >= 15 is 0 Å². The van der Waals surface area contributed by atoms with Gasteiger partial charge < -0.3 is 19.0 Å². The first-order valence-electron chi connectivity index (χ1n) is 9.87. The summed E-state index contributed by atoms with van der Waals surface area (Å²) in [6, 6.07) is 12.8. The standard InChI is InChI=1S/C22H24F3NO7S/c1-20(2,3)32-18(27)21(4,26-19(28)31-14-15-8-6-5-7-9-15)16-10-12-17(13-11-16)33-34(29,30)22(23,24)25/h5-13H,14H2,1-4H3,(H,26,28)/t21-/m0/s1. The van der Waals surface area contributed by atoms with E-state index in [9.17, 15) is 31.2 Å². The van der Waals surface area contributed by atoms with Crippen molar-refractivity contribution in [2.45, 2.75) is 51.0 Å². The van der Waals surface area contributed by atoms with Crippen molar-refractivity contribution in [1.29, 1.82) is 0 Å². The maximum atomic E-state index is 13.0. The van der Waals surface area contributed by atoms with E-state index in [1.54, 1.807) is 51.1 Å². The number of ether oxygens (including phenoxy) is 2. The van der Waals surface area contributed by atoms with Gasteiger partial charge in [0.15, 0.2) is 5.54 Å². The number of alkyl carbamates (subject to hydrolysis) is 1. The van der Waals surface area contributed by atoms with Gasteiger partial charge in [0.2, 0.25) is 0 Å². The Hall–Kier alpha value is -3.28. The van der Waals surface area contributed by atoms with Gasteiger partial charge in [0.25, 0.3) is 0 Å². The zero-order chi connectivity index (χ0) is 25.8. The Bertz CT molecular complexity index is 1110. The van der Waals surface area contributed by atoms with Crippen LogP contribution < -0.4 is 9.50 Å². The molecule has 2 aromatic carbocycles. The van der Waals surface area contributed by atoms with Crippen molar-refractivity contribution < 1.29 is 44.8 Å². The number of alkyl halides is 3. The summed E-state index contributed by atoms with van der Waals surface area (Å²) in [5.41, 5.74) is -7.60. The van der Waals surface area contributed by atoms with Gasteiger partial charge in [-0.1, -0.05) is 42.5 Å². The Balaban J connectivity index is 2.28. The molecule has 34 heavy (non-hydrogen) atoms. The second-order valence-electron chi connectivity index (χ2n) is 8.32. The van der Waals surface area contributed by atoms with E-state index in [4.69, 9.17) is 9.47 Å². The zero-order valence-corrected chi connectivity index (χ0v) is 19.6. The van der Waals surface area contributed by atoms with Crippen LogP contribution in [0, 0.1) is 0 Å². The SMILES string of the molecule is CC(C)(C)OC(=O)[C@@](C)(NC(=O)OCc1ccccc1)c1ccc(OS(=O)(=O)C(F)(F)F)cc1. The second kappa shape index (κ2) is 9.92. The van der Waals surface area contributed by atoms with Crippen LogP contribution >= 0.6 is 0 Å². The molecule has 186 valence electrons. The number of hydrogen-bond donors (Lipinski definition) is 1. The van der Waals surface area contributed by atoms with Crippen LogP contribution in [0.4, 0.5) is 18.0 Å². The average Bonchev–Trinajstić information content (AvgIpc) is 2.71. The lowest BCUT2D eigenvalue weighted by Gasteiger charge is -2.32. The van der Waals surface area contributed by atoms with E-state index in [0.717, 1.165) is 24.3 Å². The van der Waals surface area contributed by atoms with E-state index in [1.807, 2.05) is 0 Å². The minimum Gasteiger partial charge on any atom is -0.458 e. The fourth-order valence-corrected chi connectivity index (χ4v) is 3.06. The van der Waals surface area contributed by atoms with Gasteiger partial charge in [-0.15, -0.1) is 0 Å². The summed E-state index contributed by atoms with van der Waals surface area (Å²) < 4.78 is 74.7. The molecule has 0 aliphatic carbocycles. The average molecular weight is 503 g/mol. The fourth-order valence-electron chi connectivity index (χ4n) is 2.60. The molecule has 2 aromatic rings. The predicted octanol–water partition coefficient (Wildman–Crippen LogP) is 4.40. The number of amides is 1. The number of carbonyl (C=O) groups excluding carboxylic acids is 2. The van der Waals surface area contributed by atoms with Gasteiger partial charge in [0.05, 0.1) is 0 Å². The maximum Gasteiger partial charge on any atom is 0.534 e. The third-order valence-corrected chi connectivity index (χ3v) is 5.27. The Kier molecular flexibility index (Phi) is 7.87. The smallest absolute Gasteiger partial charge is 0.458 e. The Morgan fingerprint density at radius 2 is 1.47 bits per heavy atom. The van der Waals surface area contributed by atoms with Crippen molar-refractivity contribution in [3.05, 3.63) is 65.7 Å². The Labute approximate surface area is 195 Å². The number of hydrogen-bond acceptors (Lipinski definition) is 7. The van der Waals surface area contributed by atoms with Crippen molar-refractivity contribution in [2.75, 3.05) is 0 Å². The topological polar surface area (TPSA) is 108 Å². The number of rotatable bonds is 7. The van der Waals surface area contributed by atoms with Gasteiger partial charge in [0, 0.05) is 0 Å². The number of esters is 1. The molecular weight excluding hydrogens is 479 g/mol. The molecule has 0 aromatic heterocycles. The van der Waals surface area contributed by atoms with E-state index in [-0.39, 0.29) is 12.2 Å². The van der Waals surface area contributed by atoms with Gasteiger partial charge in [-0.3, -0.25) is 0 Å². The van der Waals surface area contributed by atoms with Gasteiger partial charge in [0.1, 0.15) is 18.0 Å². The molecule has 0 fully saturated rings. The molecule has 1 atom stereocenters. The molecule has 2 rings (SSSR count).